The lowest BCUT2D eigenvalue weighted by Crippen LogP contribution is -2.15. The molecule has 0 saturated heterocycles. The van der Waals surface area contributed by atoms with Crippen LogP contribution in [0.15, 0.2) is 54.6 Å². The van der Waals surface area contributed by atoms with Gasteiger partial charge in [0.05, 0.1) is 6.42 Å². The van der Waals surface area contributed by atoms with Gasteiger partial charge in [0.25, 0.3) is 0 Å². The number of aromatic nitrogens is 2. The van der Waals surface area contributed by atoms with E-state index < -0.39 is 0 Å². The summed E-state index contributed by atoms with van der Waals surface area (Å²) in [6.07, 6.45) is -0.0167. The molecule has 0 spiro atoms. The Morgan fingerprint density at radius 2 is 1.71 bits per heavy atom. The summed E-state index contributed by atoms with van der Waals surface area (Å²) in [6, 6.07) is 15.3. The van der Waals surface area contributed by atoms with Gasteiger partial charge in [0, 0.05) is 37.2 Å². The van der Waals surface area contributed by atoms with Crippen molar-refractivity contribution in [2.45, 2.75) is 13.3 Å². The zero-order valence-corrected chi connectivity index (χ0v) is 16.0. The first-order chi connectivity index (χ1) is 13.4. The Labute approximate surface area is 163 Å². The van der Waals surface area contributed by atoms with Crippen LogP contribution < -0.4 is 15.5 Å². The molecule has 0 saturated carbocycles. The third-order valence-electron chi connectivity index (χ3n) is 4.03. The van der Waals surface area contributed by atoms with Gasteiger partial charge < -0.3 is 15.5 Å². The largest absolute Gasteiger partial charge is 0.363 e. The topological polar surface area (TPSA) is 70.2 Å². The van der Waals surface area contributed by atoms with E-state index in [1.54, 1.807) is 30.3 Å². The van der Waals surface area contributed by atoms with Crippen molar-refractivity contribution >= 4 is 29.0 Å². The van der Waals surface area contributed by atoms with Gasteiger partial charge in [-0.2, -0.15) is 4.98 Å². The van der Waals surface area contributed by atoms with E-state index in [1.165, 1.54) is 6.07 Å². The molecular weight excluding hydrogens is 357 g/mol. The maximum Gasteiger partial charge on any atom is 0.229 e. The zero-order valence-electron chi connectivity index (χ0n) is 16.0. The van der Waals surface area contributed by atoms with Crippen LogP contribution in [0.3, 0.4) is 0 Å². The molecule has 2 N–H and O–H groups in total. The second kappa shape index (κ2) is 8.47. The number of hydrogen-bond donors (Lipinski definition) is 2. The van der Waals surface area contributed by atoms with Crippen LogP contribution in [0, 0.1) is 12.7 Å². The summed E-state index contributed by atoms with van der Waals surface area (Å²) in [4.78, 5) is 22.9. The Kier molecular flexibility index (Phi) is 5.84. The summed E-state index contributed by atoms with van der Waals surface area (Å²) in [7, 11) is 3.84. The second-order valence-corrected chi connectivity index (χ2v) is 6.60. The van der Waals surface area contributed by atoms with E-state index in [4.69, 9.17) is 0 Å². The van der Waals surface area contributed by atoms with Crippen molar-refractivity contribution in [2.24, 2.45) is 0 Å². The van der Waals surface area contributed by atoms with Gasteiger partial charge in [-0.25, -0.2) is 9.37 Å². The van der Waals surface area contributed by atoms with Crippen molar-refractivity contribution in [3.05, 3.63) is 71.7 Å². The summed E-state index contributed by atoms with van der Waals surface area (Å²) in [5, 5.41) is 5.93. The van der Waals surface area contributed by atoms with E-state index in [0.29, 0.717) is 17.2 Å². The molecule has 2 aromatic carbocycles. The lowest BCUT2D eigenvalue weighted by Gasteiger charge is -2.14. The zero-order chi connectivity index (χ0) is 20.1. The predicted octanol–water partition coefficient (Wildman–Crippen LogP) is 3.91. The number of amides is 1. The smallest absolute Gasteiger partial charge is 0.229 e. The highest BCUT2D eigenvalue weighted by atomic mass is 19.1. The average Bonchev–Trinajstić information content (AvgIpc) is 2.65. The molecule has 0 aliphatic rings. The quantitative estimate of drug-likeness (QED) is 0.679. The van der Waals surface area contributed by atoms with Gasteiger partial charge in [-0.15, -0.1) is 0 Å². The second-order valence-electron chi connectivity index (χ2n) is 6.60. The van der Waals surface area contributed by atoms with Crippen LogP contribution in [0.2, 0.25) is 0 Å². The molecule has 7 heteroatoms. The van der Waals surface area contributed by atoms with E-state index in [9.17, 15) is 9.18 Å². The van der Waals surface area contributed by atoms with Crippen LogP contribution in [-0.2, 0) is 11.2 Å². The van der Waals surface area contributed by atoms with Gasteiger partial charge in [0.1, 0.15) is 11.6 Å². The molecule has 6 nitrogen and oxygen atoms in total. The highest BCUT2D eigenvalue weighted by Crippen LogP contribution is 2.19. The molecule has 1 amide bonds. The molecule has 1 heterocycles. The Bertz CT molecular complexity index is 973. The third kappa shape index (κ3) is 5.03. The first-order valence-electron chi connectivity index (χ1n) is 8.84. The molecule has 0 radical (unpaired) electrons. The molecule has 0 fully saturated rings. The fraction of sp³-hybridized carbons (Fsp3) is 0.190. The molecule has 0 aliphatic heterocycles. The standard InChI is InChI=1S/C21H22FN5O/c1-14-12-19(27(2)3)26-21(23-14)25-17-10-8-16(9-11-17)24-20(28)13-15-6-4-5-7-18(15)22/h4-12H,13H2,1-3H3,(H,24,28)(H,23,25,26). The van der Waals surface area contributed by atoms with Crippen molar-refractivity contribution in [2.75, 3.05) is 29.6 Å². The number of anilines is 4. The maximum absolute atomic E-state index is 13.7. The van der Waals surface area contributed by atoms with Crippen LogP contribution in [0.4, 0.5) is 27.5 Å². The number of hydrogen-bond acceptors (Lipinski definition) is 5. The Balaban J connectivity index is 1.64. The third-order valence-corrected chi connectivity index (χ3v) is 4.03. The Morgan fingerprint density at radius 3 is 2.39 bits per heavy atom. The van der Waals surface area contributed by atoms with Crippen molar-refractivity contribution in [1.29, 1.82) is 0 Å². The minimum absolute atomic E-state index is 0.0167. The van der Waals surface area contributed by atoms with Gasteiger partial charge in [0.2, 0.25) is 11.9 Å². The number of benzene rings is 2. The summed E-state index contributed by atoms with van der Waals surface area (Å²) in [5.41, 5.74) is 2.65. The van der Waals surface area contributed by atoms with Crippen LogP contribution in [-0.4, -0.2) is 30.0 Å². The molecule has 0 unspecified atom stereocenters. The molecule has 0 atom stereocenters. The first kappa shape index (κ1) is 19.3. The Hall–Kier alpha value is -3.48. The van der Waals surface area contributed by atoms with Gasteiger partial charge in [-0.05, 0) is 42.8 Å². The van der Waals surface area contributed by atoms with Gasteiger partial charge in [0.15, 0.2) is 0 Å². The van der Waals surface area contributed by atoms with Crippen molar-refractivity contribution in [3.8, 4) is 0 Å². The molecule has 3 aromatic rings. The number of halogens is 1. The maximum atomic E-state index is 13.7. The number of nitrogens with one attached hydrogen (secondary N) is 2. The molecule has 0 aliphatic carbocycles. The number of aryl methyl sites for hydroxylation is 1. The Morgan fingerprint density at radius 1 is 1.04 bits per heavy atom. The normalized spacial score (nSPS) is 10.4. The highest BCUT2D eigenvalue weighted by Gasteiger charge is 2.08. The minimum Gasteiger partial charge on any atom is -0.363 e. The number of carbonyl (C=O) groups excluding carboxylic acids is 1. The van der Waals surface area contributed by atoms with Crippen LogP contribution in [0.25, 0.3) is 0 Å². The molecule has 3 rings (SSSR count). The average molecular weight is 379 g/mol. The van der Waals surface area contributed by atoms with Crippen LogP contribution >= 0.6 is 0 Å². The van der Waals surface area contributed by atoms with E-state index in [-0.39, 0.29) is 18.1 Å². The van der Waals surface area contributed by atoms with E-state index >= 15 is 0 Å². The SMILES string of the molecule is Cc1cc(N(C)C)nc(Nc2ccc(NC(=O)Cc3ccccc3F)cc2)n1. The van der Waals surface area contributed by atoms with Crippen molar-refractivity contribution in [3.63, 3.8) is 0 Å². The predicted molar refractivity (Wildman–Crippen MR) is 110 cm³/mol. The van der Waals surface area contributed by atoms with Gasteiger partial charge in [-0.3, -0.25) is 4.79 Å². The van der Waals surface area contributed by atoms with Gasteiger partial charge in [-0.1, -0.05) is 18.2 Å². The molecule has 144 valence electrons. The molecule has 28 heavy (non-hydrogen) atoms. The van der Waals surface area contributed by atoms with Gasteiger partial charge >= 0.3 is 0 Å². The van der Waals surface area contributed by atoms with Crippen LogP contribution in [0.5, 0.6) is 0 Å². The van der Waals surface area contributed by atoms with E-state index in [2.05, 4.69) is 20.6 Å². The fourth-order valence-corrected chi connectivity index (χ4v) is 2.62. The number of rotatable bonds is 6. The first-order valence-corrected chi connectivity index (χ1v) is 8.84. The van der Waals surface area contributed by atoms with E-state index in [1.807, 2.05) is 44.1 Å². The summed E-state index contributed by atoms with van der Waals surface area (Å²) < 4.78 is 13.7. The summed E-state index contributed by atoms with van der Waals surface area (Å²) >= 11 is 0. The van der Waals surface area contributed by atoms with E-state index in [0.717, 1.165) is 17.2 Å². The lowest BCUT2D eigenvalue weighted by molar-refractivity contribution is -0.115. The van der Waals surface area contributed by atoms with Crippen LogP contribution in [0.1, 0.15) is 11.3 Å². The minimum atomic E-state index is -0.382. The molecular formula is C21H22FN5O. The molecule has 0 bridgehead atoms. The highest BCUT2D eigenvalue weighted by molar-refractivity contribution is 5.92. The summed E-state index contributed by atoms with van der Waals surface area (Å²) in [6.45, 7) is 1.91. The van der Waals surface area contributed by atoms with Crippen molar-refractivity contribution < 1.29 is 9.18 Å². The fourth-order valence-electron chi connectivity index (χ4n) is 2.62. The monoisotopic (exact) mass is 379 g/mol. The summed E-state index contributed by atoms with van der Waals surface area (Å²) in [5.74, 6) is 0.656. The van der Waals surface area contributed by atoms with Crippen molar-refractivity contribution in [1.82, 2.24) is 9.97 Å². The number of nitrogens with zero attached hydrogens (tertiary/aromatic N) is 3. The molecule has 1 aromatic heterocycles. The lowest BCUT2D eigenvalue weighted by atomic mass is 10.1. The number of carbonyl (C=O) groups is 1.